The van der Waals surface area contributed by atoms with Crippen molar-refractivity contribution < 1.29 is 27.9 Å². The molecule has 0 spiro atoms. The maximum absolute atomic E-state index is 13.4. The zero-order valence-corrected chi connectivity index (χ0v) is 24.7. The highest BCUT2D eigenvalue weighted by Crippen LogP contribution is 2.40. The average Bonchev–Trinajstić information content (AvgIpc) is 3.18. The molecule has 0 radical (unpaired) electrons. The fourth-order valence-corrected chi connectivity index (χ4v) is 6.03. The summed E-state index contributed by atoms with van der Waals surface area (Å²) in [6, 6.07) is 12.8. The van der Waals surface area contributed by atoms with Crippen LogP contribution in [0.3, 0.4) is 0 Å². The van der Waals surface area contributed by atoms with Gasteiger partial charge in [-0.2, -0.15) is 0 Å². The minimum Gasteiger partial charge on any atom is -0.507 e. The monoisotopic (exact) mass is 569 g/mol. The van der Waals surface area contributed by atoms with E-state index in [0.29, 0.717) is 31.7 Å². The van der Waals surface area contributed by atoms with E-state index in [4.69, 9.17) is 4.74 Å². The third-order valence-electron chi connectivity index (χ3n) is 7.50. The Morgan fingerprint density at radius 1 is 1.02 bits per heavy atom. The number of Topliss-reactive ketones (excluding diaryl/α,β-unsaturated/α-hetero) is 1. The molecule has 1 amide bonds. The summed E-state index contributed by atoms with van der Waals surface area (Å²) in [4.78, 5) is 30.6. The van der Waals surface area contributed by atoms with Crippen molar-refractivity contribution in [2.24, 2.45) is 0 Å². The second-order valence-corrected chi connectivity index (χ2v) is 13.6. The Labute approximate surface area is 237 Å². The summed E-state index contributed by atoms with van der Waals surface area (Å²) in [5.41, 5.74) is 1.83. The molecule has 0 aromatic heterocycles. The molecule has 2 heterocycles. The number of sulfonamides is 1. The fourth-order valence-electron chi connectivity index (χ4n) is 5.08. The third-order valence-corrected chi connectivity index (χ3v) is 9.31. The number of ether oxygens (including phenoxy) is 1. The first-order valence-corrected chi connectivity index (χ1v) is 15.0. The van der Waals surface area contributed by atoms with Gasteiger partial charge < -0.3 is 14.7 Å². The number of hydrogen-bond acceptors (Lipinski definition) is 7. The molecule has 2 saturated heterocycles. The smallest absolute Gasteiger partial charge is 0.295 e. The summed E-state index contributed by atoms with van der Waals surface area (Å²) in [5, 5.41) is 11.4. The van der Waals surface area contributed by atoms with E-state index >= 15 is 0 Å². The molecule has 10 heteroatoms. The second-order valence-electron chi connectivity index (χ2n) is 11.5. The van der Waals surface area contributed by atoms with Crippen molar-refractivity contribution in [2.75, 3.05) is 53.5 Å². The summed E-state index contributed by atoms with van der Waals surface area (Å²) >= 11 is 0. The van der Waals surface area contributed by atoms with E-state index in [1.807, 2.05) is 24.3 Å². The molecule has 0 unspecified atom stereocenters. The van der Waals surface area contributed by atoms with Crippen LogP contribution >= 0.6 is 0 Å². The Morgan fingerprint density at radius 3 is 2.27 bits per heavy atom. The number of likely N-dealkylation sites (tertiary alicyclic amines) is 1. The largest absolute Gasteiger partial charge is 0.507 e. The van der Waals surface area contributed by atoms with E-state index in [2.05, 4.69) is 25.7 Å². The molecule has 2 fully saturated rings. The molecule has 1 atom stereocenters. The molecule has 2 aromatic rings. The highest BCUT2D eigenvalue weighted by Gasteiger charge is 2.46. The number of ketones is 1. The lowest BCUT2D eigenvalue weighted by molar-refractivity contribution is -0.140. The normalized spacial score (nSPS) is 20.4. The van der Waals surface area contributed by atoms with Gasteiger partial charge in [0, 0.05) is 45.8 Å². The zero-order chi connectivity index (χ0) is 29.2. The molecule has 0 bridgehead atoms. The Bertz CT molecular complexity index is 1390. The number of amides is 1. The standard InChI is InChI=1S/C30H39N3O6S/c1-30(2,3)23-12-10-21(11-13-23)26-25(27(34)22-8-6-9-24(20-22)40(37,38)31(4)5)28(35)29(36)33(26)15-7-14-32-16-18-39-19-17-32/h6,8-13,20,26,34H,7,14-19H2,1-5H3/t26-/m1/s1. The number of carbonyl (C=O) groups is 2. The Hall–Kier alpha value is -3.05. The molecule has 2 aromatic carbocycles. The van der Waals surface area contributed by atoms with Crippen molar-refractivity contribution in [3.8, 4) is 0 Å². The van der Waals surface area contributed by atoms with Gasteiger partial charge in [0.25, 0.3) is 11.7 Å². The lowest BCUT2D eigenvalue weighted by Crippen LogP contribution is -2.39. The molecular formula is C30H39N3O6S. The van der Waals surface area contributed by atoms with Crippen molar-refractivity contribution in [3.63, 3.8) is 0 Å². The van der Waals surface area contributed by atoms with Crippen molar-refractivity contribution in [1.82, 2.24) is 14.1 Å². The number of hydrogen-bond donors (Lipinski definition) is 1. The first-order chi connectivity index (χ1) is 18.8. The van der Waals surface area contributed by atoms with Crippen LogP contribution in [-0.2, 0) is 29.8 Å². The second kappa shape index (κ2) is 11.8. The van der Waals surface area contributed by atoms with Gasteiger partial charge in [0.15, 0.2) is 0 Å². The van der Waals surface area contributed by atoms with Gasteiger partial charge in [-0.05, 0) is 35.1 Å². The third kappa shape index (κ3) is 6.15. The van der Waals surface area contributed by atoms with Crippen molar-refractivity contribution in [2.45, 2.75) is 43.5 Å². The molecule has 216 valence electrons. The maximum Gasteiger partial charge on any atom is 0.295 e. The Balaban J connectivity index is 1.75. The average molecular weight is 570 g/mol. The lowest BCUT2D eigenvalue weighted by Gasteiger charge is -2.29. The van der Waals surface area contributed by atoms with E-state index in [0.717, 1.165) is 29.5 Å². The fraction of sp³-hybridized carbons (Fsp3) is 0.467. The maximum atomic E-state index is 13.4. The number of aliphatic hydroxyl groups excluding tert-OH is 1. The Kier molecular flexibility index (Phi) is 8.84. The highest BCUT2D eigenvalue weighted by atomic mass is 32.2. The zero-order valence-electron chi connectivity index (χ0n) is 23.9. The predicted octanol–water partition coefficient (Wildman–Crippen LogP) is 3.38. The van der Waals surface area contributed by atoms with Gasteiger partial charge in [-0.1, -0.05) is 57.2 Å². The minimum atomic E-state index is -3.77. The van der Waals surface area contributed by atoms with Gasteiger partial charge in [-0.15, -0.1) is 0 Å². The van der Waals surface area contributed by atoms with Gasteiger partial charge in [-0.3, -0.25) is 14.5 Å². The van der Waals surface area contributed by atoms with Gasteiger partial charge in [0.1, 0.15) is 5.76 Å². The van der Waals surface area contributed by atoms with Crippen LogP contribution in [-0.4, -0.2) is 92.8 Å². The molecule has 2 aliphatic rings. The van der Waals surface area contributed by atoms with Crippen LogP contribution in [0, 0.1) is 0 Å². The number of rotatable bonds is 8. The first kappa shape index (κ1) is 29.9. The molecule has 0 saturated carbocycles. The van der Waals surface area contributed by atoms with Crippen LogP contribution in [0.2, 0.25) is 0 Å². The van der Waals surface area contributed by atoms with E-state index in [1.54, 1.807) is 0 Å². The summed E-state index contributed by atoms with van der Waals surface area (Å²) in [5.74, 6) is -1.85. The number of nitrogens with zero attached hydrogens (tertiary/aromatic N) is 3. The highest BCUT2D eigenvalue weighted by molar-refractivity contribution is 7.89. The topological polar surface area (TPSA) is 107 Å². The number of benzene rings is 2. The van der Waals surface area contributed by atoms with E-state index in [9.17, 15) is 23.1 Å². The lowest BCUT2D eigenvalue weighted by atomic mass is 9.85. The van der Waals surface area contributed by atoms with Gasteiger partial charge >= 0.3 is 0 Å². The molecule has 1 N–H and O–H groups in total. The van der Waals surface area contributed by atoms with Gasteiger partial charge in [-0.25, -0.2) is 12.7 Å². The molecule has 9 nitrogen and oxygen atoms in total. The van der Waals surface area contributed by atoms with E-state index in [-0.39, 0.29) is 21.4 Å². The summed E-state index contributed by atoms with van der Waals surface area (Å²) in [7, 11) is -0.931. The van der Waals surface area contributed by atoms with Crippen LogP contribution in [0.4, 0.5) is 0 Å². The molecule has 40 heavy (non-hydrogen) atoms. The van der Waals surface area contributed by atoms with Gasteiger partial charge in [0.2, 0.25) is 10.0 Å². The van der Waals surface area contributed by atoms with Crippen molar-refractivity contribution in [3.05, 3.63) is 70.8 Å². The van der Waals surface area contributed by atoms with Crippen LogP contribution in [0.25, 0.3) is 5.76 Å². The van der Waals surface area contributed by atoms with Crippen molar-refractivity contribution >= 4 is 27.5 Å². The van der Waals surface area contributed by atoms with Crippen LogP contribution in [0.5, 0.6) is 0 Å². The molecule has 2 aliphatic heterocycles. The minimum absolute atomic E-state index is 0.0210. The summed E-state index contributed by atoms with van der Waals surface area (Å²) < 4.78 is 32.0. The quantitative estimate of drug-likeness (QED) is 0.295. The summed E-state index contributed by atoms with van der Waals surface area (Å²) in [6.07, 6.45) is 0.653. The predicted molar refractivity (Wildman–Crippen MR) is 153 cm³/mol. The van der Waals surface area contributed by atoms with Crippen molar-refractivity contribution in [1.29, 1.82) is 0 Å². The first-order valence-electron chi connectivity index (χ1n) is 13.5. The van der Waals surface area contributed by atoms with E-state index in [1.165, 1.54) is 43.3 Å². The van der Waals surface area contributed by atoms with Crippen LogP contribution in [0.1, 0.15) is 49.9 Å². The Morgan fingerprint density at radius 2 is 1.68 bits per heavy atom. The number of aliphatic hydroxyl groups is 1. The van der Waals surface area contributed by atoms with Gasteiger partial charge in [0.05, 0.1) is 29.7 Å². The van der Waals surface area contributed by atoms with Crippen LogP contribution < -0.4 is 0 Å². The number of morpholine rings is 1. The molecule has 0 aliphatic carbocycles. The number of carbonyl (C=O) groups excluding carboxylic acids is 2. The SMILES string of the molecule is CN(C)S(=O)(=O)c1cccc(C(O)=C2C(=O)C(=O)N(CCCN3CCOCC3)[C@@H]2c2ccc(C(C)(C)C)cc2)c1. The van der Waals surface area contributed by atoms with Crippen LogP contribution in [0.15, 0.2) is 59.0 Å². The molecular weight excluding hydrogens is 530 g/mol. The van der Waals surface area contributed by atoms with E-state index < -0.39 is 33.5 Å². The summed E-state index contributed by atoms with van der Waals surface area (Å²) in [6.45, 7) is 10.4. The molecule has 4 rings (SSSR count).